The molecule has 2 rings (SSSR count). The maximum absolute atomic E-state index is 12.3. The van der Waals surface area contributed by atoms with E-state index in [0.29, 0.717) is 4.68 Å². The quantitative estimate of drug-likeness (QED) is 0.725. The molecule has 1 amide bonds. The van der Waals surface area contributed by atoms with Crippen LogP contribution in [0.5, 0.6) is 0 Å². The maximum atomic E-state index is 12.3. The zero-order valence-corrected chi connectivity index (χ0v) is 12.9. The minimum absolute atomic E-state index is 0.195. The van der Waals surface area contributed by atoms with Crippen LogP contribution in [0.4, 0.5) is 4.79 Å². The first-order chi connectivity index (χ1) is 10.3. The second-order valence-electron chi connectivity index (χ2n) is 3.94. The summed E-state index contributed by atoms with van der Waals surface area (Å²) in [5.74, 6) is -0.853. The first-order valence-electron chi connectivity index (χ1n) is 5.64. The van der Waals surface area contributed by atoms with Crippen molar-refractivity contribution < 1.29 is 22.7 Å². The third-order valence-corrected chi connectivity index (χ3v) is 5.11. The molecule has 10 nitrogen and oxygen atoms in total. The summed E-state index contributed by atoms with van der Waals surface area (Å²) in [6, 6.07) is -1.27. The summed E-state index contributed by atoms with van der Waals surface area (Å²) >= 11 is 1.01. The zero-order valence-electron chi connectivity index (χ0n) is 11.3. The number of carbonyl (C=O) groups is 2. The van der Waals surface area contributed by atoms with Crippen LogP contribution in [0, 0.1) is 6.92 Å². The Morgan fingerprint density at radius 3 is 2.68 bits per heavy atom. The fourth-order valence-corrected chi connectivity index (χ4v) is 4.14. The summed E-state index contributed by atoms with van der Waals surface area (Å²) in [4.78, 5) is 36.6. The van der Waals surface area contributed by atoms with Crippen molar-refractivity contribution in [2.45, 2.75) is 11.8 Å². The molecular formula is C10H10N4O6S2. The molecule has 0 aliphatic rings. The minimum Gasteiger partial charge on any atom is -0.465 e. The van der Waals surface area contributed by atoms with Crippen LogP contribution in [0.2, 0.25) is 0 Å². The van der Waals surface area contributed by atoms with Crippen molar-refractivity contribution in [3.8, 4) is 0 Å². The molecule has 0 spiro atoms. The number of hydrogen-bond acceptors (Lipinski definition) is 8. The lowest BCUT2D eigenvalue weighted by atomic mass is 10.3. The van der Waals surface area contributed by atoms with Crippen molar-refractivity contribution in [2.75, 3.05) is 7.11 Å². The van der Waals surface area contributed by atoms with E-state index in [2.05, 4.69) is 14.8 Å². The van der Waals surface area contributed by atoms with Gasteiger partial charge in [-0.15, -0.1) is 21.1 Å². The number of rotatable bonds is 3. The second-order valence-corrected chi connectivity index (χ2v) is 6.65. The molecule has 12 heteroatoms. The highest BCUT2D eigenvalue weighted by atomic mass is 32.2. The van der Waals surface area contributed by atoms with Crippen molar-refractivity contribution >= 4 is 33.4 Å². The van der Waals surface area contributed by atoms with Crippen molar-refractivity contribution in [1.82, 2.24) is 19.5 Å². The van der Waals surface area contributed by atoms with Gasteiger partial charge in [0.15, 0.2) is 0 Å². The summed E-state index contributed by atoms with van der Waals surface area (Å²) in [7, 11) is -3.27. The number of aromatic nitrogens is 3. The van der Waals surface area contributed by atoms with Crippen molar-refractivity contribution in [3.63, 3.8) is 0 Å². The molecule has 0 unspecified atom stereocenters. The van der Waals surface area contributed by atoms with E-state index in [9.17, 15) is 22.8 Å². The first-order valence-corrected chi connectivity index (χ1v) is 8.00. The number of esters is 1. The van der Waals surface area contributed by atoms with E-state index in [4.69, 9.17) is 0 Å². The van der Waals surface area contributed by atoms with Gasteiger partial charge in [0.25, 0.3) is 10.0 Å². The molecule has 2 aromatic rings. The van der Waals surface area contributed by atoms with E-state index in [1.807, 2.05) is 0 Å². The molecule has 0 bridgehead atoms. The Balaban J connectivity index is 2.42. The van der Waals surface area contributed by atoms with E-state index in [1.54, 1.807) is 4.72 Å². The largest absolute Gasteiger partial charge is 0.465 e. The SMILES string of the molecule is COC(=O)c1csc(C)c1S(=O)(=O)NC(=O)n1nc[nH]c1=O. The molecule has 118 valence electrons. The number of methoxy groups -OCH3 is 1. The van der Waals surface area contributed by atoms with E-state index in [0.717, 1.165) is 24.8 Å². The summed E-state index contributed by atoms with van der Waals surface area (Å²) in [5.41, 5.74) is -1.09. The van der Waals surface area contributed by atoms with Crippen LogP contribution in [0.1, 0.15) is 15.2 Å². The Bertz CT molecular complexity index is 891. The van der Waals surface area contributed by atoms with Crippen LogP contribution >= 0.6 is 11.3 Å². The molecule has 0 saturated carbocycles. The predicted octanol–water partition coefficient (Wildman–Crippen LogP) is -0.325. The normalized spacial score (nSPS) is 11.2. The highest BCUT2D eigenvalue weighted by molar-refractivity contribution is 7.90. The molecular weight excluding hydrogens is 336 g/mol. The number of aryl methyl sites for hydroxylation is 1. The van der Waals surface area contributed by atoms with Gasteiger partial charge in [0, 0.05) is 10.3 Å². The van der Waals surface area contributed by atoms with Crippen LogP contribution < -0.4 is 10.4 Å². The fraction of sp³-hybridized carbons (Fsp3) is 0.200. The number of carbonyl (C=O) groups excluding carboxylic acids is 2. The molecule has 0 radical (unpaired) electrons. The Morgan fingerprint density at radius 1 is 1.45 bits per heavy atom. The third-order valence-electron chi connectivity index (χ3n) is 2.56. The van der Waals surface area contributed by atoms with Gasteiger partial charge >= 0.3 is 17.7 Å². The lowest BCUT2D eigenvalue weighted by Gasteiger charge is -2.07. The van der Waals surface area contributed by atoms with Crippen LogP contribution in [0.3, 0.4) is 0 Å². The van der Waals surface area contributed by atoms with Crippen LogP contribution in [0.25, 0.3) is 0 Å². The summed E-state index contributed by atoms with van der Waals surface area (Å²) < 4.78 is 31.0. The highest BCUT2D eigenvalue weighted by Crippen LogP contribution is 2.27. The van der Waals surface area contributed by atoms with Crippen LogP contribution in [-0.2, 0) is 14.8 Å². The minimum atomic E-state index is -4.38. The molecule has 0 saturated heterocycles. The lowest BCUT2D eigenvalue weighted by molar-refractivity contribution is 0.0597. The van der Waals surface area contributed by atoms with Gasteiger partial charge in [-0.2, -0.15) is 0 Å². The number of aromatic amines is 1. The average molecular weight is 346 g/mol. The smallest absolute Gasteiger partial charge is 0.360 e. The van der Waals surface area contributed by atoms with Gasteiger partial charge in [-0.25, -0.2) is 27.5 Å². The van der Waals surface area contributed by atoms with Crippen molar-refractivity contribution in [3.05, 3.63) is 32.6 Å². The number of ether oxygens (including phenoxy) is 1. The highest BCUT2D eigenvalue weighted by Gasteiger charge is 2.29. The molecule has 0 aromatic carbocycles. The number of amides is 1. The Kier molecular flexibility index (Phi) is 4.14. The number of nitrogens with one attached hydrogen (secondary N) is 2. The number of nitrogens with zero attached hydrogens (tertiary/aromatic N) is 2. The summed E-state index contributed by atoms with van der Waals surface area (Å²) in [6.45, 7) is 1.47. The van der Waals surface area contributed by atoms with E-state index in [1.165, 1.54) is 12.3 Å². The van der Waals surface area contributed by atoms with Gasteiger partial charge < -0.3 is 4.74 Å². The van der Waals surface area contributed by atoms with Crippen molar-refractivity contribution in [2.24, 2.45) is 0 Å². The number of sulfonamides is 1. The maximum Gasteiger partial charge on any atom is 0.360 e. The number of thiophene rings is 1. The van der Waals surface area contributed by atoms with Gasteiger partial charge in [0.1, 0.15) is 11.2 Å². The molecule has 2 aromatic heterocycles. The zero-order chi connectivity index (χ0) is 16.5. The van der Waals surface area contributed by atoms with Crippen LogP contribution in [0.15, 0.2) is 21.4 Å². The Hall–Kier alpha value is -2.47. The number of hydrogen-bond donors (Lipinski definition) is 2. The Morgan fingerprint density at radius 2 is 2.14 bits per heavy atom. The van der Waals surface area contributed by atoms with E-state index < -0.39 is 27.7 Å². The van der Waals surface area contributed by atoms with E-state index >= 15 is 0 Å². The second kappa shape index (κ2) is 5.73. The molecule has 22 heavy (non-hydrogen) atoms. The molecule has 2 N–H and O–H groups in total. The van der Waals surface area contributed by atoms with Gasteiger partial charge in [0.05, 0.1) is 12.7 Å². The average Bonchev–Trinajstić information content (AvgIpc) is 3.03. The van der Waals surface area contributed by atoms with Gasteiger partial charge in [-0.3, -0.25) is 4.98 Å². The van der Waals surface area contributed by atoms with Gasteiger partial charge in [-0.1, -0.05) is 0 Å². The molecule has 0 aliphatic carbocycles. The molecule has 0 aliphatic heterocycles. The van der Waals surface area contributed by atoms with Crippen molar-refractivity contribution in [1.29, 1.82) is 0 Å². The summed E-state index contributed by atoms with van der Waals surface area (Å²) in [5, 5.41) is 4.67. The molecule has 0 atom stereocenters. The number of H-pyrrole nitrogens is 1. The van der Waals surface area contributed by atoms with Gasteiger partial charge in [0.2, 0.25) is 0 Å². The molecule has 2 heterocycles. The summed E-state index contributed by atoms with van der Waals surface area (Å²) in [6.07, 6.45) is 0.935. The Labute approximate surface area is 127 Å². The van der Waals surface area contributed by atoms with Gasteiger partial charge in [-0.05, 0) is 6.92 Å². The first kappa shape index (κ1) is 15.9. The fourth-order valence-electron chi connectivity index (χ4n) is 1.64. The third kappa shape index (κ3) is 2.78. The predicted molar refractivity (Wildman–Crippen MR) is 74.4 cm³/mol. The topological polar surface area (TPSA) is 140 Å². The lowest BCUT2D eigenvalue weighted by Crippen LogP contribution is -2.39. The monoisotopic (exact) mass is 346 g/mol. The molecule has 0 fully saturated rings. The van der Waals surface area contributed by atoms with Crippen LogP contribution in [-0.4, -0.2) is 42.3 Å². The van der Waals surface area contributed by atoms with E-state index in [-0.39, 0.29) is 15.3 Å². The standard InChI is InChI=1S/C10H10N4O6S2/c1-5-7(6(3-21-5)8(15)20-2)22(18,19)13-10(17)14-9(16)11-4-12-14/h3-4H,1-2H3,(H,13,17)(H,11,12,16).